The van der Waals surface area contributed by atoms with Crippen molar-refractivity contribution < 1.29 is 41.5 Å². The lowest BCUT2D eigenvalue weighted by molar-refractivity contribution is -0.138. The van der Waals surface area contributed by atoms with E-state index < -0.39 is 46.6 Å². The Bertz CT molecular complexity index is 2170. The number of thiocarbonyl (C=S) groups is 1. The van der Waals surface area contributed by atoms with Crippen molar-refractivity contribution in [3.63, 3.8) is 0 Å². The number of alkyl halides is 3. The number of aryl methyl sites for hydroxylation is 1. The molecule has 1 aromatic heterocycles. The number of ether oxygens (including phenoxy) is 1. The number of nitriles is 1. The molecular weight excluding hydrogens is 781 g/mol. The van der Waals surface area contributed by atoms with E-state index >= 15 is 0 Å². The molecule has 4 heterocycles. The van der Waals surface area contributed by atoms with Gasteiger partial charge in [0.05, 0.1) is 30.6 Å². The lowest BCUT2D eigenvalue weighted by Gasteiger charge is -2.31. The van der Waals surface area contributed by atoms with Gasteiger partial charge in [-0.3, -0.25) is 34.3 Å². The average Bonchev–Trinajstić information content (AvgIpc) is 3.34. The van der Waals surface area contributed by atoms with Crippen LogP contribution in [0.2, 0.25) is 0 Å². The normalized spacial score (nSPS) is 18.9. The summed E-state index contributed by atoms with van der Waals surface area (Å²) in [4.78, 5) is 58.3. The minimum atomic E-state index is -4.86. The molecular formula is C40H42F4N8O5S. The molecule has 3 N–H and O–H groups in total. The van der Waals surface area contributed by atoms with Gasteiger partial charge in [0.15, 0.2) is 10.8 Å². The van der Waals surface area contributed by atoms with Gasteiger partial charge in [0, 0.05) is 23.5 Å². The second-order valence-electron chi connectivity index (χ2n) is 14.9. The quantitative estimate of drug-likeness (QED) is 0.113. The highest BCUT2D eigenvalue weighted by Crippen LogP contribution is 2.40. The number of carbonyl (C=O) groups excluding carboxylic acids is 4. The second kappa shape index (κ2) is 17.0. The van der Waals surface area contributed by atoms with E-state index in [1.807, 2.05) is 17.9 Å². The summed E-state index contributed by atoms with van der Waals surface area (Å²) in [5.74, 6) is -1.26. The Balaban J connectivity index is 1.00. The van der Waals surface area contributed by atoms with Crippen LogP contribution in [-0.2, 0) is 31.8 Å². The zero-order chi connectivity index (χ0) is 41.9. The summed E-state index contributed by atoms with van der Waals surface area (Å²) in [7, 11) is 0. The Kier molecular flexibility index (Phi) is 12.3. The summed E-state index contributed by atoms with van der Waals surface area (Å²) in [6.07, 6.45) is -0.317. The third-order valence-corrected chi connectivity index (χ3v) is 10.9. The van der Waals surface area contributed by atoms with E-state index in [9.17, 15) is 36.7 Å². The number of nitrogens with zero attached hydrogens (tertiary/aromatic N) is 5. The smallest absolute Gasteiger partial charge is 0.419 e. The molecule has 3 fully saturated rings. The number of halogens is 4. The zero-order valence-corrected chi connectivity index (χ0v) is 32.9. The monoisotopic (exact) mass is 822 g/mol. The molecule has 0 aliphatic carbocycles. The molecule has 0 spiro atoms. The van der Waals surface area contributed by atoms with Crippen molar-refractivity contribution in [3.8, 4) is 11.8 Å². The molecule has 2 aromatic carbocycles. The van der Waals surface area contributed by atoms with Crippen molar-refractivity contribution in [2.75, 3.05) is 46.7 Å². The van der Waals surface area contributed by atoms with Gasteiger partial charge in [0.1, 0.15) is 29.2 Å². The summed E-state index contributed by atoms with van der Waals surface area (Å²) in [6, 6.07) is 10.8. The van der Waals surface area contributed by atoms with E-state index in [4.69, 9.17) is 22.2 Å². The molecule has 13 nitrogen and oxygen atoms in total. The van der Waals surface area contributed by atoms with Gasteiger partial charge in [0.2, 0.25) is 17.7 Å². The number of imide groups is 1. The first-order chi connectivity index (χ1) is 27.5. The Hall–Kier alpha value is -5.67. The number of benzene rings is 2. The predicted molar refractivity (Wildman–Crippen MR) is 211 cm³/mol. The molecule has 6 rings (SSSR count). The second-order valence-corrected chi connectivity index (χ2v) is 15.3. The summed E-state index contributed by atoms with van der Waals surface area (Å²) in [5.41, 5.74) is -1.55. The molecule has 0 saturated carbocycles. The number of aromatic nitrogens is 1. The van der Waals surface area contributed by atoms with E-state index in [1.165, 1.54) is 18.2 Å². The van der Waals surface area contributed by atoms with Crippen LogP contribution in [0.25, 0.3) is 0 Å². The Morgan fingerprint density at radius 2 is 1.79 bits per heavy atom. The lowest BCUT2D eigenvalue weighted by Crippen LogP contribution is -2.47. The molecule has 58 heavy (non-hydrogen) atoms. The number of hydrogen-bond acceptors (Lipinski definition) is 10. The van der Waals surface area contributed by atoms with E-state index in [0.717, 1.165) is 35.9 Å². The highest BCUT2D eigenvalue weighted by atomic mass is 32.1. The average molecular weight is 823 g/mol. The van der Waals surface area contributed by atoms with Crippen LogP contribution in [0.4, 0.5) is 40.3 Å². The van der Waals surface area contributed by atoms with Crippen molar-refractivity contribution >= 4 is 63.7 Å². The van der Waals surface area contributed by atoms with Crippen molar-refractivity contribution in [3.05, 3.63) is 71.3 Å². The molecule has 1 atom stereocenters. The number of rotatable bonds is 12. The SMILES string of the molecule is CCc1cc(N2C(=S)N(c3cnc(C#N)c(C(F)(F)F)c3)C(=O)C2(C)C)ccc1OCCC1CCN(CC(=O)Nc2cc(F)cc(NC3CCC(=O)NC3=O)c2)CC1. The molecule has 1 unspecified atom stereocenters. The van der Waals surface area contributed by atoms with Crippen LogP contribution in [0.15, 0.2) is 48.7 Å². The molecule has 306 valence electrons. The summed E-state index contributed by atoms with van der Waals surface area (Å²) in [5, 5.41) is 17.0. The van der Waals surface area contributed by atoms with E-state index in [-0.39, 0.29) is 47.7 Å². The Labute approximate surface area is 337 Å². The number of likely N-dealkylation sites (tertiary alicyclic amines) is 1. The fourth-order valence-electron chi connectivity index (χ4n) is 7.41. The van der Waals surface area contributed by atoms with E-state index in [0.29, 0.717) is 55.2 Å². The van der Waals surface area contributed by atoms with Crippen LogP contribution < -0.4 is 30.5 Å². The van der Waals surface area contributed by atoms with Crippen LogP contribution >= 0.6 is 12.2 Å². The fraction of sp³-hybridized carbons (Fsp3) is 0.425. The lowest BCUT2D eigenvalue weighted by atomic mass is 9.94. The summed E-state index contributed by atoms with van der Waals surface area (Å²) < 4.78 is 61.8. The standard InChI is InChI=1S/C40H42F4N8O5S/c1-4-24-15-28(52-38(58)51(37(56)39(52,2)3)29-19-30(40(42,43)44)32(20-45)46-21-29)5-7-33(24)57-14-11-23-9-12-50(13-10-23)22-35(54)48-27-17-25(41)16-26(18-27)47-31-6-8-34(53)49-36(31)55/h5,7,15-19,21,23,31,47H,4,6,8-14,22H2,1-3H3,(H,48,54)(H,49,53,55). The van der Waals surface area contributed by atoms with E-state index in [2.05, 4.69) is 20.9 Å². The van der Waals surface area contributed by atoms with Crippen LogP contribution in [0.5, 0.6) is 5.75 Å². The number of pyridine rings is 1. The maximum Gasteiger partial charge on any atom is 0.419 e. The largest absolute Gasteiger partial charge is 0.493 e. The molecule has 3 saturated heterocycles. The minimum absolute atomic E-state index is 0.0309. The molecule has 4 amide bonds. The molecule has 0 bridgehead atoms. The van der Waals surface area contributed by atoms with Crippen molar-refractivity contribution in [2.45, 2.75) is 77.1 Å². The van der Waals surface area contributed by atoms with Crippen molar-refractivity contribution in [2.24, 2.45) is 5.92 Å². The number of carbonyl (C=O) groups is 4. The zero-order valence-electron chi connectivity index (χ0n) is 32.0. The third kappa shape index (κ3) is 9.21. The Morgan fingerprint density at radius 1 is 1.07 bits per heavy atom. The summed E-state index contributed by atoms with van der Waals surface area (Å²) in [6.45, 7) is 7.16. The number of amides is 4. The first-order valence-electron chi connectivity index (χ1n) is 18.8. The van der Waals surface area contributed by atoms with E-state index in [1.54, 1.807) is 36.9 Å². The first-order valence-corrected chi connectivity index (χ1v) is 19.2. The van der Waals surface area contributed by atoms with Gasteiger partial charge in [-0.15, -0.1) is 0 Å². The number of hydrogen-bond donors (Lipinski definition) is 3. The molecule has 3 aliphatic heterocycles. The van der Waals surface area contributed by atoms with Gasteiger partial charge in [-0.05, 0) is 125 Å². The molecule has 3 aromatic rings. The number of anilines is 4. The molecule has 0 radical (unpaired) electrons. The summed E-state index contributed by atoms with van der Waals surface area (Å²) >= 11 is 5.67. The maximum absolute atomic E-state index is 14.4. The highest BCUT2D eigenvalue weighted by molar-refractivity contribution is 7.81. The fourth-order valence-corrected chi connectivity index (χ4v) is 7.93. The van der Waals surface area contributed by atoms with Crippen LogP contribution in [0.1, 0.15) is 69.7 Å². The van der Waals surface area contributed by atoms with Crippen LogP contribution in [-0.4, -0.2) is 76.4 Å². The predicted octanol–water partition coefficient (Wildman–Crippen LogP) is 5.93. The highest BCUT2D eigenvalue weighted by Gasteiger charge is 2.51. The van der Waals surface area contributed by atoms with Crippen LogP contribution in [0.3, 0.4) is 0 Å². The molecule has 18 heteroatoms. The van der Waals surface area contributed by atoms with Gasteiger partial charge < -0.3 is 20.3 Å². The Morgan fingerprint density at radius 3 is 2.47 bits per heavy atom. The minimum Gasteiger partial charge on any atom is -0.493 e. The van der Waals surface area contributed by atoms with Gasteiger partial charge >= 0.3 is 6.18 Å². The number of nitrogens with one attached hydrogen (secondary N) is 3. The van der Waals surface area contributed by atoms with Crippen molar-refractivity contribution in [1.29, 1.82) is 5.26 Å². The maximum atomic E-state index is 14.4. The van der Waals surface area contributed by atoms with Gasteiger partial charge in [-0.25, -0.2) is 9.37 Å². The van der Waals surface area contributed by atoms with Crippen LogP contribution in [0, 0.1) is 23.1 Å². The number of piperidine rings is 2. The van der Waals surface area contributed by atoms with Gasteiger partial charge in [-0.1, -0.05) is 6.92 Å². The third-order valence-electron chi connectivity index (χ3n) is 10.5. The van der Waals surface area contributed by atoms with Crippen molar-refractivity contribution in [1.82, 2.24) is 15.2 Å². The van der Waals surface area contributed by atoms with Gasteiger partial charge in [0.25, 0.3) is 5.91 Å². The first kappa shape index (κ1) is 41.9. The molecule has 3 aliphatic rings. The topological polar surface area (TPSA) is 160 Å². The van der Waals surface area contributed by atoms with Gasteiger partial charge in [-0.2, -0.15) is 18.4 Å².